The highest BCUT2D eigenvalue weighted by atomic mass is 35.5. The minimum Gasteiger partial charge on any atom is -0.333 e. The van der Waals surface area contributed by atoms with E-state index in [1.165, 1.54) is 0 Å². The van der Waals surface area contributed by atoms with E-state index >= 15 is 0 Å². The summed E-state index contributed by atoms with van der Waals surface area (Å²) in [6.07, 6.45) is 4.96. The van der Waals surface area contributed by atoms with Crippen molar-refractivity contribution in [3.05, 3.63) is 59.2 Å². The van der Waals surface area contributed by atoms with E-state index in [0.29, 0.717) is 21.8 Å². The van der Waals surface area contributed by atoms with Crippen LogP contribution in [0.1, 0.15) is 43.5 Å². The van der Waals surface area contributed by atoms with Gasteiger partial charge in [-0.2, -0.15) is 0 Å². The molecule has 138 valence electrons. The average molecular weight is 380 g/mol. The standard InChI is InChI=1S/C22H22ClN3O/c1-14-7-5-8-15(2)26(14)22(27)17-13-20(19-11-3-4-12-24-19)25-21-16(17)9-6-10-18(21)23/h3-4,6,9-15H,5,7-8H2,1-2H3/t14-,15-/m1/s1. The number of carbonyl (C=O) groups is 1. The van der Waals surface area contributed by atoms with Crippen LogP contribution >= 0.6 is 11.6 Å². The summed E-state index contributed by atoms with van der Waals surface area (Å²) < 4.78 is 0. The van der Waals surface area contributed by atoms with Gasteiger partial charge in [0, 0.05) is 23.7 Å². The number of amides is 1. The molecule has 0 bridgehead atoms. The zero-order valence-corrected chi connectivity index (χ0v) is 16.3. The van der Waals surface area contributed by atoms with Crippen LogP contribution in [-0.4, -0.2) is 32.9 Å². The van der Waals surface area contributed by atoms with Crippen molar-refractivity contribution in [2.75, 3.05) is 0 Å². The van der Waals surface area contributed by atoms with Gasteiger partial charge in [-0.05, 0) is 57.4 Å². The molecule has 0 spiro atoms. The van der Waals surface area contributed by atoms with Crippen molar-refractivity contribution in [1.82, 2.24) is 14.9 Å². The van der Waals surface area contributed by atoms with Crippen molar-refractivity contribution >= 4 is 28.4 Å². The number of benzene rings is 1. The van der Waals surface area contributed by atoms with Gasteiger partial charge in [0.1, 0.15) is 0 Å². The van der Waals surface area contributed by atoms with Crippen LogP contribution in [0.3, 0.4) is 0 Å². The maximum atomic E-state index is 13.6. The smallest absolute Gasteiger partial charge is 0.255 e. The van der Waals surface area contributed by atoms with Crippen LogP contribution in [0, 0.1) is 0 Å². The van der Waals surface area contributed by atoms with E-state index in [1.54, 1.807) is 12.3 Å². The molecule has 1 aliphatic heterocycles. The van der Waals surface area contributed by atoms with Crippen LogP contribution in [0.25, 0.3) is 22.3 Å². The van der Waals surface area contributed by atoms with Gasteiger partial charge in [-0.3, -0.25) is 9.78 Å². The SMILES string of the molecule is C[C@@H]1CCC[C@@H](C)N1C(=O)c1cc(-c2ccccn2)nc2c(Cl)cccc12. The van der Waals surface area contributed by atoms with Crippen LogP contribution < -0.4 is 0 Å². The van der Waals surface area contributed by atoms with Crippen LogP contribution in [-0.2, 0) is 0 Å². The van der Waals surface area contributed by atoms with Gasteiger partial charge >= 0.3 is 0 Å². The summed E-state index contributed by atoms with van der Waals surface area (Å²) in [6, 6.07) is 13.6. The van der Waals surface area contributed by atoms with Gasteiger partial charge in [-0.1, -0.05) is 29.8 Å². The lowest BCUT2D eigenvalue weighted by Crippen LogP contribution is -2.47. The summed E-state index contributed by atoms with van der Waals surface area (Å²) in [5.74, 6) is 0.0431. The van der Waals surface area contributed by atoms with Crippen LogP contribution in [0.4, 0.5) is 0 Å². The molecule has 4 rings (SSSR count). The zero-order valence-electron chi connectivity index (χ0n) is 15.5. The van der Waals surface area contributed by atoms with E-state index in [4.69, 9.17) is 16.6 Å². The zero-order chi connectivity index (χ0) is 19.0. The number of hydrogen-bond acceptors (Lipinski definition) is 3. The lowest BCUT2D eigenvalue weighted by molar-refractivity contribution is 0.0513. The number of pyridine rings is 2. The van der Waals surface area contributed by atoms with Gasteiger partial charge in [-0.25, -0.2) is 4.98 Å². The number of para-hydroxylation sites is 1. The molecule has 2 atom stereocenters. The predicted molar refractivity (Wildman–Crippen MR) is 109 cm³/mol. The third kappa shape index (κ3) is 3.30. The number of aromatic nitrogens is 2. The lowest BCUT2D eigenvalue weighted by Gasteiger charge is -2.39. The fourth-order valence-electron chi connectivity index (χ4n) is 4.00. The van der Waals surface area contributed by atoms with Gasteiger partial charge in [-0.15, -0.1) is 0 Å². The van der Waals surface area contributed by atoms with Crippen molar-refractivity contribution < 1.29 is 4.79 Å². The molecule has 4 nitrogen and oxygen atoms in total. The highest BCUT2D eigenvalue weighted by Crippen LogP contribution is 2.31. The first kappa shape index (κ1) is 17.9. The predicted octanol–water partition coefficient (Wildman–Crippen LogP) is 5.35. The quantitative estimate of drug-likeness (QED) is 0.602. The van der Waals surface area contributed by atoms with Crippen molar-refractivity contribution in [3.63, 3.8) is 0 Å². The number of fused-ring (bicyclic) bond motifs is 1. The molecular formula is C22H22ClN3O. The molecule has 3 aromatic rings. The van der Waals surface area contributed by atoms with E-state index in [0.717, 1.165) is 30.3 Å². The summed E-state index contributed by atoms with van der Waals surface area (Å²) in [4.78, 5) is 24.7. The number of carbonyl (C=O) groups excluding carboxylic acids is 1. The summed E-state index contributed by atoms with van der Waals surface area (Å²) >= 11 is 6.43. The van der Waals surface area contributed by atoms with Gasteiger partial charge < -0.3 is 4.90 Å². The molecule has 5 heteroatoms. The van der Waals surface area contributed by atoms with Crippen LogP contribution in [0.2, 0.25) is 5.02 Å². The number of rotatable bonds is 2. The Kier molecular flexibility index (Phi) is 4.83. The Morgan fingerprint density at radius 1 is 1.07 bits per heavy atom. The largest absolute Gasteiger partial charge is 0.333 e. The van der Waals surface area contributed by atoms with Gasteiger partial charge in [0.05, 0.1) is 27.5 Å². The van der Waals surface area contributed by atoms with Crippen molar-refractivity contribution in [2.24, 2.45) is 0 Å². The Hall–Kier alpha value is -2.46. The topological polar surface area (TPSA) is 46.1 Å². The van der Waals surface area contributed by atoms with Crippen molar-refractivity contribution in [1.29, 1.82) is 0 Å². The first-order valence-corrected chi connectivity index (χ1v) is 9.77. The molecule has 27 heavy (non-hydrogen) atoms. The Morgan fingerprint density at radius 3 is 2.56 bits per heavy atom. The second-order valence-electron chi connectivity index (χ2n) is 7.25. The fraction of sp³-hybridized carbons (Fsp3) is 0.318. The van der Waals surface area contributed by atoms with E-state index in [9.17, 15) is 4.79 Å². The molecule has 0 radical (unpaired) electrons. The summed E-state index contributed by atoms with van der Waals surface area (Å²) in [5.41, 5.74) is 2.68. The van der Waals surface area contributed by atoms with Crippen LogP contribution in [0.5, 0.6) is 0 Å². The molecule has 0 saturated carbocycles. The van der Waals surface area contributed by atoms with E-state index in [2.05, 4.69) is 18.8 Å². The average Bonchev–Trinajstić information content (AvgIpc) is 2.68. The first-order valence-electron chi connectivity index (χ1n) is 9.39. The van der Waals surface area contributed by atoms with E-state index in [1.807, 2.05) is 41.3 Å². The molecular weight excluding hydrogens is 358 g/mol. The molecule has 0 aliphatic carbocycles. The maximum absolute atomic E-state index is 13.6. The lowest BCUT2D eigenvalue weighted by atomic mass is 9.95. The molecule has 1 saturated heterocycles. The molecule has 1 amide bonds. The second-order valence-corrected chi connectivity index (χ2v) is 7.65. The molecule has 1 aliphatic rings. The Labute approximate surface area is 164 Å². The number of piperidine rings is 1. The van der Waals surface area contributed by atoms with Crippen molar-refractivity contribution in [2.45, 2.75) is 45.2 Å². The second kappa shape index (κ2) is 7.28. The van der Waals surface area contributed by atoms with Crippen LogP contribution in [0.15, 0.2) is 48.7 Å². The van der Waals surface area contributed by atoms with Gasteiger partial charge in [0.25, 0.3) is 5.91 Å². The molecule has 0 unspecified atom stereocenters. The van der Waals surface area contributed by atoms with E-state index < -0.39 is 0 Å². The first-order chi connectivity index (χ1) is 13.1. The number of halogens is 1. The molecule has 1 fully saturated rings. The third-order valence-corrected chi connectivity index (χ3v) is 5.68. The Morgan fingerprint density at radius 2 is 1.85 bits per heavy atom. The molecule has 3 heterocycles. The monoisotopic (exact) mass is 379 g/mol. The third-order valence-electron chi connectivity index (χ3n) is 5.38. The maximum Gasteiger partial charge on any atom is 0.255 e. The van der Waals surface area contributed by atoms with Gasteiger partial charge in [0.15, 0.2) is 0 Å². The Bertz CT molecular complexity index is 980. The number of nitrogens with zero attached hydrogens (tertiary/aromatic N) is 3. The van der Waals surface area contributed by atoms with Gasteiger partial charge in [0.2, 0.25) is 0 Å². The fourth-order valence-corrected chi connectivity index (χ4v) is 4.21. The minimum absolute atomic E-state index is 0.0431. The molecule has 2 aromatic heterocycles. The highest BCUT2D eigenvalue weighted by Gasteiger charge is 2.31. The van der Waals surface area contributed by atoms with Crippen molar-refractivity contribution in [3.8, 4) is 11.4 Å². The summed E-state index contributed by atoms with van der Waals surface area (Å²) in [7, 11) is 0. The highest BCUT2D eigenvalue weighted by molar-refractivity contribution is 6.35. The number of likely N-dealkylation sites (tertiary alicyclic amines) is 1. The summed E-state index contributed by atoms with van der Waals surface area (Å²) in [5, 5.41) is 1.33. The minimum atomic E-state index is 0.0431. The summed E-state index contributed by atoms with van der Waals surface area (Å²) in [6.45, 7) is 4.26. The molecule has 0 N–H and O–H groups in total. The molecule has 1 aromatic carbocycles. The Balaban J connectivity index is 1.91. The number of hydrogen-bond donors (Lipinski definition) is 0. The normalized spacial score (nSPS) is 20.0. The van der Waals surface area contributed by atoms with E-state index in [-0.39, 0.29) is 18.0 Å².